The van der Waals surface area contributed by atoms with Crippen LogP contribution in [0, 0.1) is 5.41 Å². The molecule has 3 heterocycles. The normalized spacial score (nSPS) is 19.8. The third-order valence-corrected chi connectivity index (χ3v) is 4.01. The maximum atomic E-state index is 12.4. The average Bonchev–Trinajstić information content (AvgIpc) is 3.15. The molecule has 1 amide bonds. The number of nitrogens with two attached hydrogens (primary N) is 1. The third kappa shape index (κ3) is 4.02. The van der Waals surface area contributed by atoms with E-state index in [0.717, 1.165) is 12.0 Å². The van der Waals surface area contributed by atoms with Crippen molar-refractivity contribution in [1.82, 2.24) is 15.0 Å². The Morgan fingerprint density at radius 2 is 2.26 bits per heavy atom. The topological polar surface area (TPSA) is 85.2 Å². The summed E-state index contributed by atoms with van der Waals surface area (Å²) in [5.74, 6) is 0.443. The lowest BCUT2D eigenvalue weighted by molar-refractivity contribution is 0.0766. The van der Waals surface area contributed by atoms with Gasteiger partial charge in [-0.05, 0) is 30.5 Å². The highest BCUT2D eigenvalue weighted by Gasteiger charge is 2.36. The molecule has 2 N–H and O–H groups in total. The minimum Gasteiger partial charge on any atom is -0.355 e. The van der Waals surface area contributed by atoms with Crippen molar-refractivity contribution in [2.24, 2.45) is 11.1 Å². The number of carbonyl (C=O) groups is 1. The Hall–Kier alpha value is -1.63. The summed E-state index contributed by atoms with van der Waals surface area (Å²) in [6.45, 7) is 4.06. The van der Waals surface area contributed by atoms with Crippen LogP contribution in [0.2, 0.25) is 0 Å². The summed E-state index contributed by atoms with van der Waals surface area (Å²) >= 11 is 0. The summed E-state index contributed by atoms with van der Waals surface area (Å²) in [5, 5.41) is 3.89. The van der Waals surface area contributed by atoms with Crippen molar-refractivity contribution in [2.75, 3.05) is 19.6 Å². The molecule has 1 aliphatic rings. The van der Waals surface area contributed by atoms with Crippen molar-refractivity contribution >= 4 is 30.7 Å². The lowest BCUT2D eigenvalue weighted by Gasteiger charge is -2.21. The van der Waals surface area contributed by atoms with E-state index in [1.54, 1.807) is 23.4 Å². The smallest absolute Gasteiger partial charge is 0.276 e. The van der Waals surface area contributed by atoms with E-state index in [9.17, 15) is 4.79 Å². The van der Waals surface area contributed by atoms with Crippen molar-refractivity contribution in [3.05, 3.63) is 36.3 Å². The number of halogens is 2. The molecule has 8 heteroatoms. The first-order chi connectivity index (χ1) is 10.1. The number of hydrogen-bond donors (Lipinski definition) is 1. The number of pyridine rings is 1. The molecule has 0 spiro atoms. The van der Waals surface area contributed by atoms with E-state index in [0.29, 0.717) is 31.1 Å². The fourth-order valence-electron chi connectivity index (χ4n) is 2.55. The standard InChI is InChI=1S/C15H18N4O2.2ClH/c1-15(9-16)4-6-19(10-15)14(20)12-7-13(21-18-12)11-3-2-5-17-8-11;;/h2-3,5,7-8H,4,6,9-10,16H2,1H3;2*1H. The Balaban J connectivity index is 0.00000132. The molecule has 0 aromatic carbocycles. The fraction of sp³-hybridized carbons (Fsp3) is 0.400. The van der Waals surface area contributed by atoms with Gasteiger partial charge in [-0.3, -0.25) is 9.78 Å². The number of nitrogens with zero attached hydrogens (tertiary/aromatic N) is 3. The molecule has 23 heavy (non-hydrogen) atoms. The first kappa shape index (κ1) is 19.4. The van der Waals surface area contributed by atoms with Gasteiger partial charge in [-0.2, -0.15) is 0 Å². The summed E-state index contributed by atoms with van der Waals surface area (Å²) in [4.78, 5) is 18.3. The maximum absolute atomic E-state index is 12.4. The molecule has 6 nitrogen and oxygen atoms in total. The van der Waals surface area contributed by atoms with Gasteiger partial charge in [-0.15, -0.1) is 24.8 Å². The second-order valence-electron chi connectivity index (χ2n) is 5.81. The van der Waals surface area contributed by atoms with Gasteiger partial charge in [0, 0.05) is 37.1 Å². The Morgan fingerprint density at radius 1 is 1.48 bits per heavy atom. The molecule has 1 atom stereocenters. The largest absolute Gasteiger partial charge is 0.355 e. The molecular formula is C15H20Cl2N4O2. The third-order valence-electron chi connectivity index (χ3n) is 4.01. The molecule has 1 aliphatic heterocycles. The van der Waals surface area contributed by atoms with E-state index in [4.69, 9.17) is 10.3 Å². The minimum absolute atomic E-state index is 0. The van der Waals surface area contributed by atoms with Crippen molar-refractivity contribution in [1.29, 1.82) is 0 Å². The quantitative estimate of drug-likeness (QED) is 0.910. The number of hydrogen-bond acceptors (Lipinski definition) is 5. The second-order valence-corrected chi connectivity index (χ2v) is 5.81. The molecule has 1 fully saturated rings. The Morgan fingerprint density at radius 3 is 2.87 bits per heavy atom. The van der Waals surface area contributed by atoms with Crippen LogP contribution in [0.4, 0.5) is 0 Å². The lowest BCUT2D eigenvalue weighted by atomic mass is 9.90. The number of rotatable bonds is 3. The first-order valence-corrected chi connectivity index (χ1v) is 6.98. The van der Waals surface area contributed by atoms with Gasteiger partial charge in [0.25, 0.3) is 5.91 Å². The summed E-state index contributed by atoms with van der Waals surface area (Å²) < 4.78 is 5.25. The predicted octanol–water partition coefficient (Wildman–Crippen LogP) is 2.39. The molecule has 1 saturated heterocycles. The van der Waals surface area contributed by atoms with E-state index in [-0.39, 0.29) is 36.1 Å². The zero-order valence-electron chi connectivity index (χ0n) is 12.8. The van der Waals surface area contributed by atoms with Gasteiger partial charge in [0.05, 0.1) is 0 Å². The molecular weight excluding hydrogens is 339 g/mol. The predicted molar refractivity (Wildman–Crippen MR) is 91.9 cm³/mol. The molecule has 2 aromatic rings. The lowest BCUT2D eigenvalue weighted by Crippen LogP contribution is -2.34. The van der Waals surface area contributed by atoms with E-state index in [1.807, 2.05) is 12.1 Å². The zero-order chi connectivity index (χ0) is 14.9. The SMILES string of the molecule is CC1(CN)CCN(C(=O)c2cc(-c3cccnc3)on2)C1.Cl.Cl. The van der Waals surface area contributed by atoms with Crippen LogP contribution in [-0.4, -0.2) is 40.6 Å². The van der Waals surface area contributed by atoms with Crippen LogP contribution in [0.25, 0.3) is 11.3 Å². The van der Waals surface area contributed by atoms with Gasteiger partial charge in [0.2, 0.25) is 0 Å². The number of carbonyl (C=O) groups excluding carboxylic acids is 1. The fourth-order valence-corrected chi connectivity index (χ4v) is 2.55. The summed E-state index contributed by atoms with van der Waals surface area (Å²) in [7, 11) is 0. The highest BCUT2D eigenvalue weighted by molar-refractivity contribution is 5.93. The molecule has 0 radical (unpaired) electrons. The van der Waals surface area contributed by atoms with Gasteiger partial charge in [0.15, 0.2) is 11.5 Å². The van der Waals surface area contributed by atoms with Gasteiger partial charge in [0.1, 0.15) is 0 Å². The highest BCUT2D eigenvalue weighted by Crippen LogP contribution is 2.29. The van der Waals surface area contributed by atoms with Crippen molar-refractivity contribution < 1.29 is 9.32 Å². The summed E-state index contributed by atoms with van der Waals surface area (Å²) in [6.07, 6.45) is 4.28. The Bertz CT molecular complexity index is 650. The number of aromatic nitrogens is 2. The van der Waals surface area contributed by atoms with E-state index < -0.39 is 0 Å². The van der Waals surface area contributed by atoms with Gasteiger partial charge < -0.3 is 15.2 Å². The molecule has 0 saturated carbocycles. The zero-order valence-corrected chi connectivity index (χ0v) is 14.4. The van der Waals surface area contributed by atoms with Crippen LogP contribution in [0.1, 0.15) is 23.8 Å². The van der Waals surface area contributed by atoms with Gasteiger partial charge in [-0.25, -0.2) is 0 Å². The molecule has 0 bridgehead atoms. The minimum atomic E-state index is -0.105. The molecule has 0 aliphatic carbocycles. The van der Waals surface area contributed by atoms with E-state index in [2.05, 4.69) is 17.1 Å². The Kier molecular flexibility index (Phi) is 6.56. The number of likely N-dealkylation sites (tertiary alicyclic amines) is 1. The van der Waals surface area contributed by atoms with E-state index >= 15 is 0 Å². The second kappa shape index (κ2) is 7.77. The summed E-state index contributed by atoms with van der Waals surface area (Å²) in [6, 6.07) is 5.34. The van der Waals surface area contributed by atoms with Crippen LogP contribution in [0.5, 0.6) is 0 Å². The molecule has 2 aromatic heterocycles. The highest BCUT2D eigenvalue weighted by atomic mass is 35.5. The monoisotopic (exact) mass is 358 g/mol. The average molecular weight is 359 g/mol. The first-order valence-electron chi connectivity index (χ1n) is 6.98. The summed E-state index contributed by atoms with van der Waals surface area (Å²) in [5.41, 5.74) is 6.91. The van der Waals surface area contributed by atoms with Gasteiger partial charge >= 0.3 is 0 Å². The number of amides is 1. The van der Waals surface area contributed by atoms with Crippen LogP contribution in [-0.2, 0) is 0 Å². The van der Waals surface area contributed by atoms with Crippen LogP contribution in [0.15, 0.2) is 35.1 Å². The van der Waals surface area contributed by atoms with Gasteiger partial charge in [-0.1, -0.05) is 12.1 Å². The molecule has 1 unspecified atom stereocenters. The maximum Gasteiger partial charge on any atom is 0.276 e. The molecule has 126 valence electrons. The van der Waals surface area contributed by atoms with Crippen molar-refractivity contribution in [3.63, 3.8) is 0 Å². The van der Waals surface area contributed by atoms with E-state index in [1.165, 1.54) is 0 Å². The molecule has 3 rings (SSSR count). The van der Waals surface area contributed by atoms with Crippen LogP contribution < -0.4 is 5.73 Å². The van der Waals surface area contributed by atoms with Crippen LogP contribution in [0.3, 0.4) is 0 Å². The van der Waals surface area contributed by atoms with Crippen molar-refractivity contribution in [2.45, 2.75) is 13.3 Å². The van der Waals surface area contributed by atoms with Crippen molar-refractivity contribution in [3.8, 4) is 11.3 Å². The van der Waals surface area contributed by atoms with Crippen LogP contribution >= 0.6 is 24.8 Å². The Labute approximate surface area is 147 Å².